The number of carbonyl (C=O) groups is 1. The summed E-state index contributed by atoms with van der Waals surface area (Å²) in [6.07, 6.45) is 0. The third-order valence-corrected chi connectivity index (χ3v) is 5.24. The minimum Gasteiger partial charge on any atom is -0.340 e. The minimum absolute atomic E-state index is 0.210. The van der Waals surface area contributed by atoms with Gasteiger partial charge in [0.15, 0.2) is 5.82 Å². The van der Waals surface area contributed by atoms with Crippen molar-refractivity contribution >= 4 is 21.8 Å². The Labute approximate surface area is 159 Å². The van der Waals surface area contributed by atoms with Crippen LogP contribution in [0.3, 0.4) is 0 Å². The molecule has 0 aliphatic carbocycles. The van der Waals surface area contributed by atoms with Crippen LogP contribution in [-0.4, -0.2) is 25.8 Å². The lowest BCUT2D eigenvalue weighted by atomic mass is 10.0. The number of aryl methyl sites for hydroxylation is 2. The largest absolute Gasteiger partial charge is 0.340 e. The summed E-state index contributed by atoms with van der Waals surface area (Å²) in [5.41, 5.74) is 2.62. The zero-order chi connectivity index (χ0) is 19.1. The molecule has 1 N–H and O–H groups in total. The summed E-state index contributed by atoms with van der Waals surface area (Å²) in [7, 11) is 0. The Morgan fingerprint density at radius 1 is 1.19 bits per heavy atom. The molecule has 0 fully saturated rings. The molecule has 1 aromatic carbocycles. The van der Waals surface area contributed by atoms with Gasteiger partial charge in [0.1, 0.15) is 0 Å². The maximum absolute atomic E-state index is 12.6. The van der Waals surface area contributed by atoms with Crippen molar-refractivity contribution in [1.82, 2.24) is 25.2 Å². The second-order valence-electron chi connectivity index (χ2n) is 6.66. The molecule has 8 heteroatoms. The standard InChI is InChI=1S/C18H20BrN5O2/c1-10-15(19)11(2)24(22-10)14-8-6-13(7-9-14)16(25)21-18(4,5)17-20-12(3)26-23-17/h6-9H,1-5H3,(H,21,25). The molecule has 0 spiro atoms. The van der Waals surface area contributed by atoms with Crippen LogP contribution in [0, 0.1) is 20.8 Å². The molecule has 7 nitrogen and oxygen atoms in total. The number of halogens is 1. The quantitative estimate of drug-likeness (QED) is 0.700. The molecule has 3 aromatic rings. The van der Waals surface area contributed by atoms with Crippen molar-refractivity contribution < 1.29 is 9.32 Å². The summed E-state index contributed by atoms with van der Waals surface area (Å²) in [5, 5.41) is 11.3. The highest BCUT2D eigenvalue weighted by atomic mass is 79.9. The van der Waals surface area contributed by atoms with E-state index in [9.17, 15) is 4.79 Å². The predicted octanol–water partition coefficient (Wildman–Crippen LogP) is 3.61. The van der Waals surface area contributed by atoms with Crippen molar-refractivity contribution in [2.24, 2.45) is 0 Å². The Balaban J connectivity index is 1.80. The molecule has 0 radical (unpaired) electrons. The smallest absolute Gasteiger partial charge is 0.252 e. The van der Waals surface area contributed by atoms with Gasteiger partial charge in [0, 0.05) is 12.5 Å². The second-order valence-corrected chi connectivity index (χ2v) is 7.45. The van der Waals surface area contributed by atoms with Crippen molar-refractivity contribution in [1.29, 1.82) is 0 Å². The fourth-order valence-electron chi connectivity index (χ4n) is 2.59. The zero-order valence-electron chi connectivity index (χ0n) is 15.3. The first-order valence-corrected chi connectivity index (χ1v) is 8.94. The molecule has 0 atom stereocenters. The van der Waals surface area contributed by atoms with Gasteiger partial charge >= 0.3 is 0 Å². The highest BCUT2D eigenvalue weighted by molar-refractivity contribution is 9.10. The second kappa shape index (κ2) is 6.68. The van der Waals surface area contributed by atoms with Gasteiger partial charge in [-0.1, -0.05) is 5.16 Å². The molecule has 0 aliphatic heterocycles. The van der Waals surface area contributed by atoms with Crippen molar-refractivity contribution in [3.05, 3.63) is 57.4 Å². The topological polar surface area (TPSA) is 85.8 Å². The molecule has 1 amide bonds. The van der Waals surface area contributed by atoms with Gasteiger partial charge < -0.3 is 9.84 Å². The van der Waals surface area contributed by atoms with E-state index in [1.165, 1.54) is 0 Å². The fraction of sp³-hybridized carbons (Fsp3) is 0.333. The first kappa shape index (κ1) is 18.3. The van der Waals surface area contributed by atoms with Crippen LogP contribution in [0.1, 0.15) is 47.3 Å². The van der Waals surface area contributed by atoms with Gasteiger partial charge in [0.2, 0.25) is 5.89 Å². The SMILES string of the molecule is Cc1nc(C(C)(C)NC(=O)c2ccc(-n3nc(C)c(Br)c3C)cc2)no1. The third-order valence-electron chi connectivity index (χ3n) is 4.09. The molecule has 0 saturated carbocycles. The van der Waals surface area contributed by atoms with Gasteiger partial charge in [-0.05, 0) is 67.9 Å². The number of carbonyl (C=O) groups excluding carboxylic acids is 1. The molecule has 2 heterocycles. The van der Waals surface area contributed by atoms with E-state index >= 15 is 0 Å². The van der Waals surface area contributed by atoms with Crippen LogP contribution in [0.2, 0.25) is 0 Å². The van der Waals surface area contributed by atoms with E-state index in [2.05, 4.69) is 36.5 Å². The van der Waals surface area contributed by atoms with Gasteiger partial charge in [-0.2, -0.15) is 10.1 Å². The monoisotopic (exact) mass is 417 g/mol. The normalized spacial score (nSPS) is 11.6. The Morgan fingerprint density at radius 3 is 2.35 bits per heavy atom. The van der Waals surface area contributed by atoms with Crippen molar-refractivity contribution in [2.45, 2.75) is 40.2 Å². The van der Waals surface area contributed by atoms with E-state index in [0.717, 1.165) is 21.5 Å². The van der Waals surface area contributed by atoms with Crippen molar-refractivity contribution in [3.63, 3.8) is 0 Å². The highest BCUT2D eigenvalue weighted by Crippen LogP contribution is 2.23. The molecular weight excluding hydrogens is 398 g/mol. The number of amides is 1. The highest BCUT2D eigenvalue weighted by Gasteiger charge is 2.28. The molecule has 0 bridgehead atoms. The first-order chi connectivity index (χ1) is 12.2. The lowest BCUT2D eigenvalue weighted by molar-refractivity contribution is 0.0907. The van der Waals surface area contributed by atoms with Crippen molar-refractivity contribution in [2.75, 3.05) is 0 Å². The molecule has 2 aromatic heterocycles. The van der Waals surface area contributed by atoms with Crippen LogP contribution >= 0.6 is 15.9 Å². The third kappa shape index (κ3) is 3.41. The van der Waals surface area contributed by atoms with Gasteiger partial charge in [-0.25, -0.2) is 4.68 Å². The average Bonchev–Trinajstić information content (AvgIpc) is 3.14. The number of nitrogens with one attached hydrogen (secondary N) is 1. The summed E-state index contributed by atoms with van der Waals surface area (Å²) in [6.45, 7) is 9.30. The van der Waals surface area contributed by atoms with E-state index in [0.29, 0.717) is 17.3 Å². The molecule has 0 saturated heterocycles. The van der Waals surface area contributed by atoms with E-state index in [1.807, 2.05) is 44.5 Å². The Kier molecular flexibility index (Phi) is 4.70. The van der Waals surface area contributed by atoms with E-state index < -0.39 is 5.54 Å². The predicted molar refractivity (Wildman–Crippen MR) is 100 cm³/mol. The average molecular weight is 418 g/mol. The van der Waals surface area contributed by atoms with Crippen molar-refractivity contribution in [3.8, 4) is 5.69 Å². The zero-order valence-corrected chi connectivity index (χ0v) is 16.9. The van der Waals surface area contributed by atoms with E-state index in [-0.39, 0.29) is 5.91 Å². The van der Waals surface area contributed by atoms with Gasteiger partial charge in [-0.3, -0.25) is 4.79 Å². The molecule has 0 aliphatic rings. The van der Waals surface area contributed by atoms with Crippen LogP contribution in [0.15, 0.2) is 33.3 Å². The molecule has 3 rings (SSSR count). The maximum atomic E-state index is 12.6. The summed E-state index contributed by atoms with van der Waals surface area (Å²) >= 11 is 3.52. The summed E-state index contributed by atoms with van der Waals surface area (Å²) in [5.74, 6) is 0.689. The Hall–Kier alpha value is -2.48. The van der Waals surface area contributed by atoms with Gasteiger partial charge in [0.25, 0.3) is 5.91 Å². The van der Waals surface area contributed by atoms with E-state index in [1.54, 1.807) is 19.1 Å². The lowest BCUT2D eigenvalue weighted by Crippen LogP contribution is -2.41. The summed E-state index contributed by atoms with van der Waals surface area (Å²) in [4.78, 5) is 16.8. The molecule has 136 valence electrons. The Morgan fingerprint density at radius 2 is 1.85 bits per heavy atom. The van der Waals surface area contributed by atoms with Crippen LogP contribution in [0.4, 0.5) is 0 Å². The van der Waals surface area contributed by atoms with Gasteiger partial charge in [-0.15, -0.1) is 0 Å². The molecule has 0 unspecified atom stereocenters. The number of rotatable bonds is 4. The number of nitrogens with zero attached hydrogens (tertiary/aromatic N) is 4. The summed E-state index contributed by atoms with van der Waals surface area (Å²) in [6, 6.07) is 7.28. The van der Waals surface area contributed by atoms with Crippen LogP contribution in [0.25, 0.3) is 5.69 Å². The van der Waals surface area contributed by atoms with Crippen LogP contribution in [0.5, 0.6) is 0 Å². The van der Waals surface area contributed by atoms with Crippen LogP contribution in [-0.2, 0) is 5.54 Å². The number of aromatic nitrogens is 4. The lowest BCUT2D eigenvalue weighted by Gasteiger charge is -2.22. The fourth-order valence-corrected chi connectivity index (χ4v) is 2.84. The van der Waals surface area contributed by atoms with E-state index in [4.69, 9.17) is 4.52 Å². The maximum Gasteiger partial charge on any atom is 0.252 e. The first-order valence-electron chi connectivity index (χ1n) is 8.14. The number of hydrogen-bond donors (Lipinski definition) is 1. The molecule has 26 heavy (non-hydrogen) atoms. The number of hydrogen-bond acceptors (Lipinski definition) is 5. The number of benzene rings is 1. The summed E-state index contributed by atoms with van der Waals surface area (Å²) < 4.78 is 7.82. The van der Waals surface area contributed by atoms with Crippen LogP contribution < -0.4 is 5.32 Å². The molecular formula is C18H20BrN5O2. The Bertz CT molecular complexity index is 957. The minimum atomic E-state index is -0.742. The van der Waals surface area contributed by atoms with Gasteiger partial charge in [0.05, 0.1) is 27.1 Å².